The van der Waals surface area contributed by atoms with E-state index in [4.69, 9.17) is 4.74 Å². The van der Waals surface area contributed by atoms with E-state index >= 15 is 0 Å². The SMILES string of the molecule is COc1cccc(NC(=O)c2ccnc(N3CCC(C(=O)NC4CCCC4)CC3)c2)c1. The molecule has 0 radical (unpaired) electrons. The molecule has 2 fully saturated rings. The van der Waals surface area contributed by atoms with Crippen molar-refractivity contribution in [3.05, 3.63) is 48.2 Å². The monoisotopic (exact) mass is 422 g/mol. The lowest BCUT2D eigenvalue weighted by atomic mass is 9.95. The third kappa shape index (κ3) is 5.34. The van der Waals surface area contributed by atoms with Gasteiger partial charge in [-0.2, -0.15) is 0 Å². The van der Waals surface area contributed by atoms with Crippen molar-refractivity contribution < 1.29 is 14.3 Å². The summed E-state index contributed by atoms with van der Waals surface area (Å²) in [6, 6.07) is 11.2. The predicted molar refractivity (Wildman–Crippen MR) is 121 cm³/mol. The molecule has 2 amide bonds. The van der Waals surface area contributed by atoms with Crippen LogP contribution < -0.4 is 20.3 Å². The van der Waals surface area contributed by atoms with Crippen molar-refractivity contribution in [1.29, 1.82) is 0 Å². The van der Waals surface area contributed by atoms with Gasteiger partial charge in [0.2, 0.25) is 5.91 Å². The van der Waals surface area contributed by atoms with Crippen LogP contribution in [-0.4, -0.2) is 43.0 Å². The average molecular weight is 423 g/mol. The van der Waals surface area contributed by atoms with Crippen LogP contribution in [0.15, 0.2) is 42.6 Å². The number of aromatic nitrogens is 1. The van der Waals surface area contributed by atoms with E-state index in [1.807, 2.05) is 24.3 Å². The molecule has 2 aliphatic rings. The van der Waals surface area contributed by atoms with Crippen LogP contribution >= 0.6 is 0 Å². The van der Waals surface area contributed by atoms with Crippen molar-refractivity contribution in [2.24, 2.45) is 5.92 Å². The fourth-order valence-electron chi connectivity index (χ4n) is 4.40. The topological polar surface area (TPSA) is 83.6 Å². The molecule has 2 heterocycles. The number of piperidine rings is 1. The number of amides is 2. The quantitative estimate of drug-likeness (QED) is 0.743. The van der Waals surface area contributed by atoms with Crippen LogP contribution in [0.3, 0.4) is 0 Å². The zero-order chi connectivity index (χ0) is 21.6. The first-order valence-electron chi connectivity index (χ1n) is 11.1. The van der Waals surface area contributed by atoms with E-state index in [0.29, 0.717) is 23.0 Å². The summed E-state index contributed by atoms with van der Waals surface area (Å²) >= 11 is 0. The Kier molecular flexibility index (Phi) is 6.70. The third-order valence-electron chi connectivity index (χ3n) is 6.23. The maximum atomic E-state index is 12.7. The van der Waals surface area contributed by atoms with Gasteiger partial charge in [0.15, 0.2) is 0 Å². The molecule has 2 N–H and O–H groups in total. The van der Waals surface area contributed by atoms with E-state index in [0.717, 1.165) is 44.6 Å². The zero-order valence-corrected chi connectivity index (χ0v) is 18.0. The minimum Gasteiger partial charge on any atom is -0.497 e. The van der Waals surface area contributed by atoms with Crippen LogP contribution in [-0.2, 0) is 4.79 Å². The number of methoxy groups -OCH3 is 1. The number of rotatable bonds is 6. The van der Waals surface area contributed by atoms with Crippen molar-refractivity contribution in [3.63, 3.8) is 0 Å². The number of anilines is 2. The van der Waals surface area contributed by atoms with Gasteiger partial charge in [0, 0.05) is 48.6 Å². The normalized spacial score (nSPS) is 17.4. The Hall–Kier alpha value is -3.09. The van der Waals surface area contributed by atoms with Crippen molar-refractivity contribution in [3.8, 4) is 5.75 Å². The van der Waals surface area contributed by atoms with Gasteiger partial charge in [0.1, 0.15) is 11.6 Å². The van der Waals surface area contributed by atoms with E-state index in [1.165, 1.54) is 12.8 Å². The number of hydrogen-bond acceptors (Lipinski definition) is 5. The second kappa shape index (κ2) is 9.81. The largest absolute Gasteiger partial charge is 0.497 e. The first-order chi connectivity index (χ1) is 15.1. The van der Waals surface area contributed by atoms with Crippen molar-refractivity contribution in [1.82, 2.24) is 10.3 Å². The first-order valence-corrected chi connectivity index (χ1v) is 11.1. The molecule has 1 saturated carbocycles. The molecule has 2 aromatic rings. The molecule has 1 saturated heterocycles. The molecule has 7 nitrogen and oxygen atoms in total. The predicted octanol–water partition coefficient (Wildman–Crippen LogP) is 3.62. The van der Waals surface area contributed by atoms with E-state index in [-0.39, 0.29) is 17.7 Å². The Labute approximate surface area is 183 Å². The number of benzene rings is 1. The molecule has 1 aromatic carbocycles. The van der Waals surface area contributed by atoms with Crippen LogP contribution in [0.2, 0.25) is 0 Å². The molecule has 0 atom stereocenters. The van der Waals surface area contributed by atoms with Gasteiger partial charge in [-0.3, -0.25) is 9.59 Å². The summed E-state index contributed by atoms with van der Waals surface area (Å²) < 4.78 is 5.21. The number of nitrogens with zero attached hydrogens (tertiary/aromatic N) is 2. The van der Waals surface area contributed by atoms with Gasteiger partial charge in [-0.05, 0) is 49.9 Å². The van der Waals surface area contributed by atoms with Crippen molar-refractivity contribution >= 4 is 23.3 Å². The Morgan fingerprint density at radius 1 is 1.06 bits per heavy atom. The van der Waals surface area contributed by atoms with Crippen LogP contribution in [0.25, 0.3) is 0 Å². The van der Waals surface area contributed by atoms with Crippen LogP contribution in [0.4, 0.5) is 11.5 Å². The van der Waals surface area contributed by atoms with E-state index in [9.17, 15) is 9.59 Å². The van der Waals surface area contributed by atoms with Crippen molar-refractivity contribution in [2.45, 2.75) is 44.6 Å². The lowest BCUT2D eigenvalue weighted by Gasteiger charge is -2.32. The fraction of sp³-hybridized carbons (Fsp3) is 0.458. The fourth-order valence-corrected chi connectivity index (χ4v) is 4.40. The van der Waals surface area contributed by atoms with Crippen LogP contribution in [0, 0.1) is 5.92 Å². The second-order valence-electron chi connectivity index (χ2n) is 8.34. The molecule has 0 bridgehead atoms. The van der Waals surface area contributed by atoms with E-state index in [1.54, 1.807) is 25.4 Å². The lowest BCUT2D eigenvalue weighted by Crippen LogP contribution is -2.43. The Morgan fingerprint density at radius 2 is 1.84 bits per heavy atom. The number of hydrogen-bond donors (Lipinski definition) is 2. The second-order valence-corrected chi connectivity index (χ2v) is 8.34. The van der Waals surface area contributed by atoms with E-state index < -0.39 is 0 Å². The molecule has 0 unspecified atom stereocenters. The summed E-state index contributed by atoms with van der Waals surface area (Å²) in [6.45, 7) is 1.52. The molecule has 4 rings (SSSR count). The molecule has 1 aromatic heterocycles. The van der Waals surface area contributed by atoms with E-state index in [2.05, 4.69) is 20.5 Å². The highest BCUT2D eigenvalue weighted by atomic mass is 16.5. The maximum absolute atomic E-state index is 12.7. The molecule has 0 spiro atoms. The van der Waals surface area contributed by atoms with Crippen LogP contribution in [0.5, 0.6) is 5.75 Å². The Bertz CT molecular complexity index is 919. The number of nitrogens with one attached hydrogen (secondary N) is 2. The minimum absolute atomic E-state index is 0.0661. The Balaban J connectivity index is 1.34. The number of pyridine rings is 1. The van der Waals surface area contributed by atoms with Gasteiger partial charge in [0.05, 0.1) is 7.11 Å². The number of ether oxygens (including phenoxy) is 1. The average Bonchev–Trinajstić information content (AvgIpc) is 3.32. The van der Waals surface area contributed by atoms with Gasteiger partial charge in [-0.15, -0.1) is 0 Å². The lowest BCUT2D eigenvalue weighted by molar-refractivity contribution is -0.126. The highest BCUT2D eigenvalue weighted by Crippen LogP contribution is 2.25. The zero-order valence-electron chi connectivity index (χ0n) is 18.0. The number of carbonyl (C=O) groups excluding carboxylic acids is 2. The summed E-state index contributed by atoms with van der Waals surface area (Å²) in [5, 5.41) is 6.12. The molecule has 164 valence electrons. The summed E-state index contributed by atoms with van der Waals surface area (Å²) in [7, 11) is 1.59. The molecule has 7 heteroatoms. The highest BCUT2D eigenvalue weighted by molar-refractivity contribution is 6.04. The van der Waals surface area contributed by atoms with Gasteiger partial charge in [-0.1, -0.05) is 18.9 Å². The van der Waals surface area contributed by atoms with Crippen molar-refractivity contribution in [2.75, 3.05) is 30.4 Å². The molecule has 1 aliphatic carbocycles. The summed E-state index contributed by atoms with van der Waals surface area (Å²) in [6.07, 6.45) is 7.93. The molecular formula is C24H30N4O3. The van der Waals surface area contributed by atoms with Gasteiger partial charge < -0.3 is 20.3 Å². The molecule has 31 heavy (non-hydrogen) atoms. The van der Waals surface area contributed by atoms with Gasteiger partial charge in [0.25, 0.3) is 5.91 Å². The first kappa shape index (κ1) is 21.2. The maximum Gasteiger partial charge on any atom is 0.255 e. The standard InChI is InChI=1S/C24H30N4O3/c1-31-21-8-4-7-20(16-21)27-24(30)18-9-12-25-22(15-18)28-13-10-17(11-14-28)23(29)26-19-5-2-3-6-19/h4,7-9,12,15-17,19H,2-3,5-6,10-11,13-14H2,1H3,(H,26,29)(H,27,30). The van der Waals surface area contributed by atoms with Gasteiger partial charge >= 0.3 is 0 Å². The minimum atomic E-state index is -0.192. The highest BCUT2D eigenvalue weighted by Gasteiger charge is 2.28. The Morgan fingerprint density at radius 3 is 2.58 bits per heavy atom. The third-order valence-corrected chi connectivity index (χ3v) is 6.23. The number of carbonyl (C=O) groups is 2. The summed E-state index contributed by atoms with van der Waals surface area (Å²) in [5.74, 6) is 1.53. The smallest absolute Gasteiger partial charge is 0.255 e. The summed E-state index contributed by atoms with van der Waals surface area (Å²) in [4.78, 5) is 31.9. The van der Waals surface area contributed by atoms with Crippen LogP contribution in [0.1, 0.15) is 48.9 Å². The summed E-state index contributed by atoms with van der Waals surface area (Å²) in [5.41, 5.74) is 1.23. The molecule has 1 aliphatic heterocycles. The molecular weight excluding hydrogens is 392 g/mol. The van der Waals surface area contributed by atoms with Gasteiger partial charge in [-0.25, -0.2) is 4.98 Å².